The molecule has 0 saturated heterocycles. The first-order chi connectivity index (χ1) is 12.2. The first-order valence-corrected chi connectivity index (χ1v) is 8.29. The van der Waals surface area contributed by atoms with E-state index < -0.39 is 0 Å². The normalized spacial score (nSPS) is 11.4. The van der Waals surface area contributed by atoms with Gasteiger partial charge in [-0.1, -0.05) is 60.7 Å². The molecule has 0 radical (unpaired) electrons. The van der Waals surface area contributed by atoms with E-state index in [1.165, 1.54) is 22.3 Å². The van der Waals surface area contributed by atoms with E-state index in [0.717, 1.165) is 17.2 Å². The second kappa shape index (κ2) is 6.33. The fraction of sp³-hybridized carbons (Fsp3) is 0.0435. The summed E-state index contributed by atoms with van der Waals surface area (Å²) in [5, 5.41) is 20.1. The van der Waals surface area contributed by atoms with Gasteiger partial charge < -0.3 is 10.2 Å². The molecule has 0 fully saturated rings. The van der Waals surface area contributed by atoms with Gasteiger partial charge >= 0.3 is 0 Å². The molecular weight excluding hydrogens is 308 g/mol. The van der Waals surface area contributed by atoms with Gasteiger partial charge in [-0.05, 0) is 63.7 Å². The van der Waals surface area contributed by atoms with Crippen molar-refractivity contribution in [3.05, 3.63) is 96.1 Å². The van der Waals surface area contributed by atoms with Gasteiger partial charge in [0.1, 0.15) is 11.5 Å². The summed E-state index contributed by atoms with van der Waals surface area (Å²) in [6.07, 6.45) is 1.10. The van der Waals surface area contributed by atoms with Crippen molar-refractivity contribution in [2.45, 2.75) is 6.42 Å². The maximum Gasteiger partial charge on any atom is 0.116 e. The van der Waals surface area contributed by atoms with E-state index in [2.05, 4.69) is 48.5 Å². The molecule has 0 spiro atoms. The Balaban J connectivity index is 0.000000126. The molecule has 0 atom stereocenters. The van der Waals surface area contributed by atoms with Gasteiger partial charge in [0.25, 0.3) is 0 Å². The highest BCUT2D eigenvalue weighted by molar-refractivity contribution is 5.85. The van der Waals surface area contributed by atoms with Gasteiger partial charge in [-0.3, -0.25) is 0 Å². The van der Waals surface area contributed by atoms with Crippen molar-refractivity contribution in [1.82, 2.24) is 0 Å². The molecule has 0 aromatic heterocycles. The van der Waals surface area contributed by atoms with E-state index in [-0.39, 0.29) is 11.5 Å². The SMILES string of the molecule is Oc1ccc2cc(O)ccc2c1.c1ccc2c(c1)Cc1ccccc1-2. The standard InChI is InChI=1S/C13H10.C10H8O2/c1-3-7-12-10(5-1)9-11-6-2-4-8-13(11)12;11-9-3-1-7-5-10(12)4-2-8(7)6-9/h1-8H,9H2;1-6,11-12H. The van der Waals surface area contributed by atoms with Crippen molar-refractivity contribution in [2.24, 2.45) is 0 Å². The molecule has 4 aromatic rings. The average Bonchev–Trinajstić information content (AvgIpc) is 3.01. The second-order valence-corrected chi connectivity index (χ2v) is 6.21. The summed E-state index contributed by atoms with van der Waals surface area (Å²) in [6, 6.07) is 27.4. The van der Waals surface area contributed by atoms with Crippen LogP contribution in [0.5, 0.6) is 11.5 Å². The fourth-order valence-corrected chi connectivity index (χ4v) is 3.30. The van der Waals surface area contributed by atoms with Gasteiger partial charge in [-0.25, -0.2) is 0 Å². The summed E-state index contributed by atoms with van der Waals surface area (Å²) < 4.78 is 0. The number of aromatic hydroxyl groups is 2. The molecule has 1 aliphatic carbocycles. The van der Waals surface area contributed by atoms with Gasteiger partial charge in [0, 0.05) is 0 Å². The van der Waals surface area contributed by atoms with Crippen LogP contribution in [0.1, 0.15) is 11.1 Å². The Hall–Kier alpha value is -3.26. The maximum atomic E-state index is 9.14. The molecule has 25 heavy (non-hydrogen) atoms. The van der Waals surface area contributed by atoms with Crippen LogP contribution in [0.4, 0.5) is 0 Å². The largest absolute Gasteiger partial charge is 0.508 e. The Labute approximate surface area is 146 Å². The topological polar surface area (TPSA) is 40.5 Å². The minimum Gasteiger partial charge on any atom is -0.508 e. The number of phenols is 2. The third-order valence-electron chi connectivity index (χ3n) is 4.51. The lowest BCUT2D eigenvalue weighted by Crippen LogP contribution is -1.77. The highest BCUT2D eigenvalue weighted by Gasteiger charge is 2.15. The molecule has 0 amide bonds. The van der Waals surface area contributed by atoms with Crippen molar-refractivity contribution in [2.75, 3.05) is 0 Å². The molecule has 2 nitrogen and oxygen atoms in total. The van der Waals surface area contributed by atoms with Crippen LogP contribution >= 0.6 is 0 Å². The quantitative estimate of drug-likeness (QED) is 0.394. The first-order valence-electron chi connectivity index (χ1n) is 8.29. The third-order valence-corrected chi connectivity index (χ3v) is 4.51. The Morgan fingerprint density at radius 2 is 0.960 bits per heavy atom. The van der Waals surface area contributed by atoms with Crippen molar-refractivity contribution < 1.29 is 10.2 Å². The molecule has 0 unspecified atom stereocenters. The predicted molar refractivity (Wildman–Crippen MR) is 102 cm³/mol. The Kier molecular flexibility index (Phi) is 3.87. The summed E-state index contributed by atoms with van der Waals surface area (Å²) in [7, 11) is 0. The molecule has 0 aliphatic heterocycles. The van der Waals surface area contributed by atoms with Crippen molar-refractivity contribution >= 4 is 10.8 Å². The zero-order valence-corrected chi connectivity index (χ0v) is 13.7. The second-order valence-electron chi connectivity index (χ2n) is 6.21. The number of hydrogen-bond acceptors (Lipinski definition) is 2. The van der Waals surface area contributed by atoms with Crippen LogP contribution in [0.25, 0.3) is 21.9 Å². The van der Waals surface area contributed by atoms with E-state index in [0.29, 0.717) is 0 Å². The number of rotatable bonds is 0. The van der Waals surface area contributed by atoms with Crippen LogP contribution in [0.2, 0.25) is 0 Å². The molecule has 2 heteroatoms. The summed E-state index contributed by atoms with van der Waals surface area (Å²) in [5.74, 6) is 0.487. The lowest BCUT2D eigenvalue weighted by molar-refractivity contribution is 0.474. The van der Waals surface area contributed by atoms with E-state index in [1.807, 2.05) is 0 Å². The van der Waals surface area contributed by atoms with E-state index in [1.54, 1.807) is 36.4 Å². The molecular formula is C23H18O2. The smallest absolute Gasteiger partial charge is 0.116 e. The van der Waals surface area contributed by atoms with E-state index in [4.69, 9.17) is 10.2 Å². The van der Waals surface area contributed by atoms with E-state index in [9.17, 15) is 0 Å². The monoisotopic (exact) mass is 326 g/mol. The molecule has 5 rings (SSSR count). The van der Waals surface area contributed by atoms with Crippen LogP contribution in [-0.2, 0) is 6.42 Å². The lowest BCUT2D eigenvalue weighted by Gasteiger charge is -1.98. The zero-order valence-electron chi connectivity index (χ0n) is 13.7. The molecule has 2 N–H and O–H groups in total. The Morgan fingerprint density at radius 3 is 1.44 bits per heavy atom. The molecule has 0 saturated carbocycles. The van der Waals surface area contributed by atoms with Crippen molar-refractivity contribution in [1.29, 1.82) is 0 Å². The van der Waals surface area contributed by atoms with Crippen molar-refractivity contribution in [3.63, 3.8) is 0 Å². The lowest BCUT2D eigenvalue weighted by atomic mass is 10.1. The van der Waals surface area contributed by atoms with Gasteiger partial charge in [0.15, 0.2) is 0 Å². The number of phenolic OH excluding ortho intramolecular Hbond substituents is 2. The van der Waals surface area contributed by atoms with E-state index >= 15 is 0 Å². The Morgan fingerprint density at radius 1 is 0.520 bits per heavy atom. The van der Waals surface area contributed by atoms with Crippen LogP contribution in [-0.4, -0.2) is 10.2 Å². The van der Waals surface area contributed by atoms with Crippen LogP contribution in [0, 0.1) is 0 Å². The van der Waals surface area contributed by atoms with Gasteiger partial charge in [0.05, 0.1) is 0 Å². The summed E-state index contributed by atoms with van der Waals surface area (Å²) >= 11 is 0. The average molecular weight is 326 g/mol. The Bertz CT molecular complexity index is 966. The van der Waals surface area contributed by atoms with Gasteiger partial charge in [0.2, 0.25) is 0 Å². The summed E-state index contributed by atoms with van der Waals surface area (Å²) in [4.78, 5) is 0. The van der Waals surface area contributed by atoms with Crippen LogP contribution < -0.4 is 0 Å². The van der Waals surface area contributed by atoms with Gasteiger partial charge in [-0.2, -0.15) is 0 Å². The highest BCUT2D eigenvalue weighted by atomic mass is 16.3. The van der Waals surface area contributed by atoms with Gasteiger partial charge in [-0.15, -0.1) is 0 Å². The first kappa shape index (κ1) is 15.3. The number of fused-ring (bicyclic) bond motifs is 4. The minimum absolute atomic E-state index is 0.244. The molecule has 0 heterocycles. The molecule has 4 aromatic carbocycles. The minimum atomic E-state index is 0.244. The fourth-order valence-electron chi connectivity index (χ4n) is 3.30. The number of hydrogen-bond donors (Lipinski definition) is 2. The predicted octanol–water partition coefficient (Wildman–Crippen LogP) is 5.51. The molecule has 0 bridgehead atoms. The maximum absolute atomic E-state index is 9.14. The van der Waals surface area contributed by atoms with Crippen LogP contribution in [0.3, 0.4) is 0 Å². The summed E-state index contributed by atoms with van der Waals surface area (Å²) in [5.41, 5.74) is 5.75. The third kappa shape index (κ3) is 3.07. The summed E-state index contributed by atoms with van der Waals surface area (Å²) in [6.45, 7) is 0. The van der Waals surface area contributed by atoms with Crippen molar-refractivity contribution in [3.8, 4) is 22.6 Å². The zero-order chi connectivity index (χ0) is 17.2. The molecule has 122 valence electrons. The van der Waals surface area contributed by atoms with Crippen LogP contribution in [0.15, 0.2) is 84.9 Å². The highest BCUT2D eigenvalue weighted by Crippen LogP contribution is 2.35. The molecule has 1 aliphatic rings. The number of benzene rings is 4.